The summed E-state index contributed by atoms with van der Waals surface area (Å²) in [6.07, 6.45) is 5.02. The van der Waals surface area contributed by atoms with Crippen LogP contribution in [0.4, 0.5) is 5.69 Å². The van der Waals surface area contributed by atoms with Gasteiger partial charge >= 0.3 is 0 Å². The fourth-order valence-corrected chi connectivity index (χ4v) is 3.80. The molecule has 2 aliphatic carbocycles. The number of rotatable bonds is 4. The Morgan fingerprint density at radius 3 is 2.50 bits per heavy atom. The zero-order valence-electron chi connectivity index (χ0n) is 12.4. The zero-order valence-corrected chi connectivity index (χ0v) is 12.4. The molecular formula is C17H24N2O. The molecule has 2 fully saturated rings. The molecule has 2 aliphatic rings. The number of nitrogens with zero attached hydrogens (tertiary/aromatic N) is 1. The molecule has 0 saturated heterocycles. The van der Waals surface area contributed by atoms with Crippen molar-refractivity contribution in [1.82, 2.24) is 5.32 Å². The maximum absolute atomic E-state index is 12.3. The minimum Gasteiger partial charge on any atom is -0.378 e. The van der Waals surface area contributed by atoms with Gasteiger partial charge in [-0.3, -0.25) is 4.79 Å². The van der Waals surface area contributed by atoms with Crippen molar-refractivity contribution >= 4 is 11.6 Å². The molecule has 0 aromatic heterocycles. The Bertz CT molecular complexity index is 480. The van der Waals surface area contributed by atoms with E-state index in [1.165, 1.54) is 30.5 Å². The van der Waals surface area contributed by atoms with Gasteiger partial charge < -0.3 is 10.2 Å². The summed E-state index contributed by atoms with van der Waals surface area (Å²) in [5.74, 6) is 2.05. The van der Waals surface area contributed by atoms with Crippen molar-refractivity contribution in [2.45, 2.75) is 32.2 Å². The van der Waals surface area contributed by atoms with Gasteiger partial charge in [-0.15, -0.1) is 0 Å². The van der Waals surface area contributed by atoms with Crippen LogP contribution in [0.5, 0.6) is 0 Å². The van der Waals surface area contributed by atoms with Crippen molar-refractivity contribution in [3.8, 4) is 0 Å². The summed E-state index contributed by atoms with van der Waals surface area (Å²) >= 11 is 0. The average molecular weight is 272 g/mol. The van der Waals surface area contributed by atoms with Gasteiger partial charge in [-0.1, -0.05) is 18.6 Å². The van der Waals surface area contributed by atoms with Gasteiger partial charge in [0.05, 0.1) is 0 Å². The van der Waals surface area contributed by atoms with Crippen LogP contribution in [0, 0.1) is 17.8 Å². The maximum atomic E-state index is 12.3. The summed E-state index contributed by atoms with van der Waals surface area (Å²) in [5.41, 5.74) is 2.36. The molecule has 1 amide bonds. The van der Waals surface area contributed by atoms with Crippen molar-refractivity contribution in [3.63, 3.8) is 0 Å². The monoisotopic (exact) mass is 272 g/mol. The standard InChI is InChI=1S/C17H24N2O/c1-19(2)15-7-4-12(5-8-15)11-18-17(20)16-10-13-3-6-14(16)9-13/h4-5,7-8,13-14,16H,3,6,9-11H2,1-2H3,(H,18,20). The second kappa shape index (κ2) is 5.47. The Morgan fingerprint density at radius 2 is 1.95 bits per heavy atom. The van der Waals surface area contributed by atoms with Crippen molar-refractivity contribution in [1.29, 1.82) is 0 Å². The molecule has 1 aromatic rings. The second-order valence-corrected chi connectivity index (χ2v) is 6.56. The molecule has 0 radical (unpaired) electrons. The molecule has 3 unspecified atom stereocenters. The predicted octanol–water partition coefficient (Wildman–Crippen LogP) is 2.81. The third kappa shape index (κ3) is 2.67. The lowest BCUT2D eigenvalue weighted by atomic mass is 9.88. The van der Waals surface area contributed by atoms with Crippen LogP contribution >= 0.6 is 0 Å². The van der Waals surface area contributed by atoms with Gasteiger partial charge in [-0.05, 0) is 48.8 Å². The van der Waals surface area contributed by atoms with Crippen molar-refractivity contribution in [2.75, 3.05) is 19.0 Å². The van der Waals surface area contributed by atoms with Gasteiger partial charge in [0.25, 0.3) is 0 Å². The SMILES string of the molecule is CN(C)c1ccc(CNC(=O)C2CC3CCC2C3)cc1. The first kappa shape index (κ1) is 13.5. The molecule has 2 saturated carbocycles. The quantitative estimate of drug-likeness (QED) is 0.914. The smallest absolute Gasteiger partial charge is 0.223 e. The third-order valence-corrected chi connectivity index (χ3v) is 4.99. The molecule has 1 aromatic carbocycles. The van der Waals surface area contributed by atoms with E-state index < -0.39 is 0 Å². The van der Waals surface area contributed by atoms with E-state index in [1.54, 1.807) is 0 Å². The van der Waals surface area contributed by atoms with Crippen molar-refractivity contribution in [2.24, 2.45) is 17.8 Å². The Morgan fingerprint density at radius 1 is 1.20 bits per heavy atom. The number of anilines is 1. The molecule has 3 atom stereocenters. The molecule has 0 aliphatic heterocycles. The first-order valence-corrected chi connectivity index (χ1v) is 7.67. The lowest BCUT2D eigenvalue weighted by Crippen LogP contribution is -2.33. The van der Waals surface area contributed by atoms with E-state index in [0.717, 1.165) is 12.3 Å². The fourth-order valence-electron chi connectivity index (χ4n) is 3.80. The topological polar surface area (TPSA) is 32.3 Å². The Kier molecular flexibility index (Phi) is 3.68. The number of fused-ring (bicyclic) bond motifs is 2. The van der Waals surface area contributed by atoms with Gasteiger partial charge in [0.15, 0.2) is 0 Å². The summed E-state index contributed by atoms with van der Waals surface area (Å²) in [7, 11) is 4.07. The van der Waals surface area contributed by atoms with Gasteiger partial charge in [0.1, 0.15) is 0 Å². The minimum absolute atomic E-state index is 0.272. The van der Waals surface area contributed by atoms with Crippen molar-refractivity contribution < 1.29 is 4.79 Å². The zero-order chi connectivity index (χ0) is 14.1. The predicted molar refractivity (Wildman–Crippen MR) is 81.6 cm³/mol. The highest BCUT2D eigenvalue weighted by atomic mass is 16.1. The van der Waals surface area contributed by atoms with E-state index in [2.05, 4.69) is 34.5 Å². The summed E-state index contributed by atoms with van der Waals surface area (Å²) in [6, 6.07) is 8.38. The lowest BCUT2D eigenvalue weighted by molar-refractivity contribution is -0.126. The fraction of sp³-hybridized carbons (Fsp3) is 0.588. The molecule has 3 nitrogen and oxygen atoms in total. The minimum atomic E-state index is 0.272. The summed E-state index contributed by atoms with van der Waals surface area (Å²) in [5, 5.41) is 3.12. The van der Waals surface area contributed by atoms with Crippen LogP contribution in [0.15, 0.2) is 24.3 Å². The van der Waals surface area contributed by atoms with Crippen LogP contribution < -0.4 is 10.2 Å². The van der Waals surface area contributed by atoms with Gasteiger partial charge in [0, 0.05) is 32.2 Å². The highest BCUT2D eigenvalue weighted by Crippen LogP contribution is 2.48. The number of carbonyl (C=O) groups excluding carboxylic acids is 1. The first-order chi connectivity index (χ1) is 9.63. The second-order valence-electron chi connectivity index (χ2n) is 6.56. The highest BCUT2D eigenvalue weighted by Gasteiger charge is 2.42. The average Bonchev–Trinajstić information content (AvgIpc) is 3.08. The van der Waals surface area contributed by atoms with Crippen LogP contribution in [-0.2, 0) is 11.3 Å². The van der Waals surface area contributed by atoms with Crippen LogP contribution in [-0.4, -0.2) is 20.0 Å². The molecule has 20 heavy (non-hydrogen) atoms. The van der Waals surface area contributed by atoms with Crippen LogP contribution in [0.25, 0.3) is 0 Å². The Hall–Kier alpha value is -1.51. The molecule has 108 valence electrons. The van der Waals surface area contributed by atoms with Gasteiger partial charge in [0.2, 0.25) is 5.91 Å². The van der Waals surface area contributed by atoms with E-state index >= 15 is 0 Å². The van der Waals surface area contributed by atoms with Crippen LogP contribution in [0.3, 0.4) is 0 Å². The first-order valence-electron chi connectivity index (χ1n) is 7.67. The van der Waals surface area contributed by atoms with Gasteiger partial charge in [-0.25, -0.2) is 0 Å². The van der Waals surface area contributed by atoms with E-state index in [1.807, 2.05) is 14.1 Å². The molecule has 3 heteroatoms. The molecule has 2 bridgehead atoms. The third-order valence-electron chi connectivity index (χ3n) is 4.99. The number of benzene rings is 1. The Balaban J connectivity index is 1.53. The summed E-state index contributed by atoms with van der Waals surface area (Å²) < 4.78 is 0. The number of carbonyl (C=O) groups is 1. The maximum Gasteiger partial charge on any atom is 0.223 e. The summed E-state index contributed by atoms with van der Waals surface area (Å²) in [4.78, 5) is 14.3. The van der Waals surface area contributed by atoms with Crippen molar-refractivity contribution in [3.05, 3.63) is 29.8 Å². The summed E-state index contributed by atoms with van der Waals surface area (Å²) in [6.45, 7) is 0.653. The number of amides is 1. The molecule has 1 N–H and O–H groups in total. The molecule has 0 heterocycles. The highest BCUT2D eigenvalue weighted by molar-refractivity contribution is 5.79. The number of hydrogen-bond acceptors (Lipinski definition) is 2. The molecule has 0 spiro atoms. The molecular weight excluding hydrogens is 248 g/mol. The van der Waals surface area contributed by atoms with Crippen LogP contribution in [0.1, 0.15) is 31.2 Å². The largest absolute Gasteiger partial charge is 0.378 e. The van der Waals surface area contributed by atoms with E-state index in [-0.39, 0.29) is 11.8 Å². The normalized spacial score (nSPS) is 27.6. The Labute approximate surface area is 121 Å². The van der Waals surface area contributed by atoms with Crippen LogP contribution in [0.2, 0.25) is 0 Å². The number of nitrogens with one attached hydrogen (secondary N) is 1. The van der Waals surface area contributed by atoms with E-state index in [0.29, 0.717) is 12.5 Å². The number of hydrogen-bond donors (Lipinski definition) is 1. The molecule has 3 rings (SSSR count). The lowest BCUT2D eigenvalue weighted by Gasteiger charge is -2.21. The van der Waals surface area contributed by atoms with E-state index in [9.17, 15) is 4.79 Å². The van der Waals surface area contributed by atoms with E-state index in [4.69, 9.17) is 0 Å². The van der Waals surface area contributed by atoms with Gasteiger partial charge in [-0.2, -0.15) is 0 Å².